The number of nitrogens with two attached hydrogens (primary N) is 1. The first-order valence-electron chi connectivity index (χ1n) is 5.16. The normalized spacial score (nSPS) is 11.2. The van der Waals surface area contributed by atoms with Crippen LogP contribution in [0, 0.1) is 12.7 Å². The Kier molecular flexibility index (Phi) is 3.12. The van der Waals surface area contributed by atoms with Crippen LogP contribution in [0.1, 0.15) is 17.8 Å². The summed E-state index contributed by atoms with van der Waals surface area (Å²) in [5, 5.41) is 0.335. The second-order valence-corrected chi connectivity index (χ2v) is 4.14. The lowest BCUT2D eigenvalue weighted by Crippen LogP contribution is -2.03. The number of rotatable bonds is 3. The van der Waals surface area contributed by atoms with E-state index in [4.69, 9.17) is 17.3 Å². The second-order valence-electron chi connectivity index (χ2n) is 3.74. The molecular weight excluding hydrogens is 229 g/mol. The van der Waals surface area contributed by atoms with Crippen molar-refractivity contribution in [2.45, 2.75) is 19.8 Å². The van der Waals surface area contributed by atoms with E-state index in [1.165, 1.54) is 12.3 Å². The summed E-state index contributed by atoms with van der Waals surface area (Å²) in [5.41, 5.74) is 7.92. The number of nitrogens with zero attached hydrogens (tertiary/aromatic N) is 2. The van der Waals surface area contributed by atoms with Gasteiger partial charge in [-0.15, -0.1) is 0 Å². The minimum Gasteiger partial charge on any atom is -0.330 e. The van der Waals surface area contributed by atoms with E-state index in [-0.39, 0.29) is 5.82 Å². The predicted octanol–water partition coefficient (Wildman–Crippen LogP) is 2.33. The molecule has 0 amide bonds. The van der Waals surface area contributed by atoms with Gasteiger partial charge >= 0.3 is 0 Å². The third kappa shape index (κ3) is 1.90. The Bertz CT molecular complexity index is 521. The highest BCUT2D eigenvalue weighted by molar-refractivity contribution is 6.33. The Balaban J connectivity index is 2.59. The van der Waals surface area contributed by atoms with Gasteiger partial charge in [0, 0.05) is 11.9 Å². The molecule has 3 nitrogen and oxygen atoms in total. The molecule has 0 aliphatic heterocycles. The first kappa shape index (κ1) is 11.4. The molecular formula is C11H13ClFN3. The molecule has 0 bridgehead atoms. The highest BCUT2D eigenvalue weighted by atomic mass is 35.5. The van der Waals surface area contributed by atoms with Crippen molar-refractivity contribution in [3.63, 3.8) is 0 Å². The van der Waals surface area contributed by atoms with Crippen molar-refractivity contribution in [3.8, 4) is 0 Å². The molecule has 0 unspecified atom stereocenters. The number of imidazole rings is 1. The van der Waals surface area contributed by atoms with Crippen LogP contribution < -0.4 is 5.73 Å². The van der Waals surface area contributed by atoms with E-state index < -0.39 is 0 Å². The summed E-state index contributed by atoms with van der Waals surface area (Å²) in [6.07, 6.45) is 3.04. The molecule has 5 heteroatoms. The van der Waals surface area contributed by atoms with Crippen molar-refractivity contribution in [3.05, 3.63) is 34.5 Å². The van der Waals surface area contributed by atoms with Crippen molar-refractivity contribution in [1.29, 1.82) is 0 Å². The van der Waals surface area contributed by atoms with E-state index in [0.29, 0.717) is 17.2 Å². The van der Waals surface area contributed by atoms with Gasteiger partial charge in [-0.2, -0.15) is 0 Å². The molecule has 16 heavy (non-hydrogen) atoms. The summed E-state index contributed by atoms with van der Waals surface area (Å²) >= 11 is 5.93. The molecule has 0 aliphatic rings. The van der Waals surface area contributed by atoms with Crippen LogP contribution in [0.3, 0.4) is 0 Å². The number of fused-ring (bicyclic) bond motifs is 1. The lowest BCUT2D eigenvalue weighted by Gasteiger charge is -2.02. The van der Waals surface area contributed by atoms with Gasteiger partial charge in [0.2, 0.25) is 0 Å². The zero-order valence-corrected chi connectivity index (χ0v) is 9.76. The van der Waals surface area contributed by atoms with Crippen LogP contribution in [0.25, 0.3) is 5.65 Å². The molecule has 0 saturated heterocycles. The summed E-state index contributed by atoms with van der Waals surface area (Å²) in [6, 6.07) is 1.27. The fraction of sp³-hybridized carbons (Fsp3) is 0.364. The molecule has 0 saturated carbocycles. The van der Waals surface area contributed by atoms with Gasteiger partial charge in [-0.3, -0.25) is 4.40 Å². The number of halogens is 2. The monoisotopic (exact) mass is 241 g/mol. The van der Waals surface area contributed by atoms with Gasteiger partial charge in [0.25, 0.3) is 0 Å². The van der Waals surface area contributed by atoms with E-state index in [1.54, 1.807) is 4.40 Å². The molecule has 2 heterocycles. The van der Waals surface area contributed by atoms with Crippen LogP contribution in [-0.4, -0.2) is 15.9 Å². The Labute approximate surface area is 98.0 Å². The SMILES string of the molecule is Cc1nc2c(Cl)cc(F)cn2c1CCCN. The Morgan fingerprint density at radius 3 is 3.00 bits per heavy atom. The van der Waals surface area contributed by atoms with Crippen LogP contribution in [0.2, 0.25) is 5.02 Å². The highest BCUT2D eigenvalue weighted by Crippen LogP contribution is 2.22. The number of pyridine rings is 1. The first-order chi connectivity index (χ1) is 7.63. The fourth-order valence-electron chi connectivity index (χ4n) is 1.80. The maximum absolute atomic E-state index is 13.3. The zero-order chi connectivity index (χ0) is 11.7. The van der Waals surface area contributed by atoms with Gasteiger partial charge in [-0.05, 0) is 32.4 Å². The van der Waals surface area contributed by atoms with Crippen molar-refractivity contribution in [2.24, 2.45) is 5.73 Å². The smallest absolute Gasteiger partial charge is 0.156 e. The van der Waals surface area contributed by atoms with Crippen molar-refractivity contribution in [2.75, 3.05) is 6.54 Å². The predicted molar refractivity (Wildman–Crippen MR) is 62.3 cm³/mol. The molecule has 0 spiro atoms. The Morgan fingerprint density at radius 1 is 1.56 bits per heavy atom. The number of hydrogen-bond donors (Lipinski definition) is 1. The molecule has 2 aromatic heterocycles. The fourth-order valence-corrected chi connectivity index (χ4v) is 2.04. The van der Waals surface area contributed by atoms with Gasteiger partial charge in [-0.25, -0.2) is 9.37 Å². The molecule has 0 radical (unpaired) electrons. The molecule has 0 aromatic carbocycles. The number of hydrogen-bond acceptors (Lipinski definition) is 2. The number of aromatic nitrogens is 2. The van der Waals surface area contributed by atoms with Crippen LogP contribution in [0.5, 0.6) is 0 Å². The molecule has 0 aliphatic carbocycles. The van der Waals surface area contributed by atoms with Crippen LogP contribution in [0.4, 0.5) is 4.39 Å². The second kappa shape index (κ2) is 4.39. The molecule has 2 rings (SSSR count). The van der Waals surface area contributed by atoms with E-state index in [1.807, 2.05) is 6.92 Å². The van der Waals surface area contributed by atoms with E-state index in [9.17, 15) is 4.39 Å². The largest absolute Gasteiger partial charge is 0.330 e. The third-order valence-corrected chi connectivity index (χ3v) is 2.84. The van der Waals surface area contributed by atoms with Crippen molar-refractivity contribution in [1.82, 2.24) is 9.38 Å². The van der Waals surface area contributed by atoms with Gasteiger partial charge in [0.15, 0.2) is 5.65 Å². The number of aryl methyl sites for hydroxylation is 2. The summed E-state index contributed by atoms with van der Waals surface area (Å²) in [6.45, 7) is 2.50. The van der Waals surface area contributed by atoms with E-state index in [0.717, 1.165) is 24.2 Å². The molecule has 0 atom stereocenters. The maximum atomic E-state index is 13.3. The quantitative estimate of drug-likeness (QED) is 0.896. The minimum absolute atomic E-state index is 0.335. The molecule has 0 fully saturated rings. The van der Waals surface area contributed by atoms with Crippen molar-refractivity contribution >= 4 is 17.2 Å². The van der Waals surface area contributed by atoms with Gasteiger partial charge in [0.1, 0.15) is 5.82 Å². The van der Waals surface area contributed by atoms with Crippen LogP contribution >= 0.6 is 11.6 Å². The van der Waals surface area contributed by atoms with Crippen LogP contribution in [-0.2, 0) is 6.42 Å². The summed E-state index contributed by atoms with van der Waals surface area (Å²) in [4.78, 5) is 4.33. The van der Waals surface area contributed by atoms with E-state index >= 15 is 0 Å². The maximum Gasteiger partial charge on any atom is 0.156 e. The standard InChI is InChI=1S/C11H13ClFN3/c1-7-10(3-2-4-14)16-6-8(13)5-9(12)11(16)15-7/h5-6H,2-4,14H2,1H3. The first-order valence-corrected chi connectivity index (χ1v) is 5.54. The van der Waals surface area contributed by atoms with Gasteiger partial charge in [-0.1, -0.05) is 11.6 Å². The van der Waals surface area contributed by atoms with Crippen molar-refractivity contribution < 1.29 is 4.39 Å². The molecule has 86 valence electrons. The average molecular weight is 242 g/mol. The Hall–Kier alpha value is -1.13. The van der Waals surface area contributed by atoms with E-state index in [2.05, 4.69) is 4.98 Å². The average Bonchev–Trinajstić information content (AvgIpc) is 2.53. The zero-order valence-electron chi connectivity index (χ0n) is 9.00. The summed E-state index contributed by atoms with van der Waals surface area (Å²) in [7, 11) is 0. The van der Waals surface area contributed by atoms with Gasteiger partial charge < -0.3 is 5.73 Å². The summed E-state index contributed by atoms with van der Waals surface area (Å²) in [5.74, 6) is -0.358. The highest BCUT2D eigenvalue weighted by Gasteiger charge is 2.11. The summed E-state index contributed by atoms with van der Waals surface area (Å²) < 4.78 is 15.0. The van der Waals surface area contributed by atoms with Gasteiger partial charge in [0.05, 0.1) is 10.7 Å². The Morgan fingerprint density at radius 2 is 2.31 bits per heavy atom. The lowest BCUT2D eigenvalue weighted by atomic mass is 10.2. The third-order valence-electron chi connectivity index (χ3n) is 2.56. The lowest BCUT2D eigenvalue weighted by molar-refractivity contribution is 0.617. The molecule has 2 N–H and O–H groups in total. The molecule has 2 aromatic rings. The topological polar surface area (TPSA) is 43.3 Å². The minimum atomic E-state index is -0.358. The van der Waals surface area contributed by atoms with Crippen LogP contribution in [0.15, 0.2) is 12.3 Å².